The average molecular weight is 289 g/mol. The number of carbonyl (C=O) groups excluding carboxylic acids is 1. The van der Waals surface area contributed by atoms with E-state index in [1.807, 2.05) is 25.1 Å². The van der Waals surface area contributed by atoms with Gasteiger partial charge in [-0.05, 0) is 44.9 Å². The minimum Gasteiger partial charge on any atom is -0.381 e. The minimum atomic E-state index is -0.0445. The van der Waals surface area contributed by atoms with Crippen LogP contribution >= 0.6 is 0 Å². The van der Waals surface area contributed by atoms with Gasteiger partial charge in [0.1, 0.15) is 0 Å². The summed E-state index contributed by atoms with van der Waals surface area (Å²) in [6.45, 7) is 6.79. The molecule has 0 aliphatic carbocycles. The maximum atomic E-state index is 12.1. The van der Waals surface area contributed by atoms with Gasteiger partial charge in [-0.3, -0.25) is 9.69 Å². The molecular formula is C17H27N3O. The molecule has 0 bridgehead atoms. The molecule has 1 amide bonds. The molecule has 0 saturated carbocycles. The lowest BCUT2D eigenvalue weighted by atomic mass is 10.0. The van der Waals surface area contributed by atoms with Crippen LogP contribution in [-0.4, -0.2) is 42.5 Å². The molecule has 1 aromatic carbocycles. The van der Waals surface area contributed by atoms with Gasteiger partial charge in [0.2, 0.25) is 5.91 Å². The second-order valence-electron chi connectivity index (χ2n) is 5.81. The van der Waals surface area contributed by atoms with Crippen LogP contribution in [0.3, 0.4) is 0 Å². The van der Waals surface area contributed by atoms with Crippen LogP contribution in [0.5, 0.6) is 0 Å². The van der Waals surface area contributed by atoms with Crippen molar-refractivity contribution in [1.82, 2.24) is 10.2 Å². The Labute approximate surface area is 127 Å². The molecule has 2 N–H and O–H groups in total. The number of carbonyl (C=O) groups is 1. The van der Waals surface area contributed by atoms with Gasteiger partial charge < -0.3 is 10.6 Å². The summed E-state index contributed by atoms with van der Waals surface area (Å²) in [5.74, 6) is 0.150. The summed E-state index contributed by atoms with van der Waals surface area (Å²) in [7, 11) is 0. The standard InChI is InChI=1S/C17H27N3O/c1-3-11-18-17(21)14(2)20-12-7-10-16(13-20)19-15-8-5-4-6-9-15/h4-6,8-9,14,16,19H,3,7,10-13H2,1-2H3,(H,18,21). The van der Waals surface area contributed by atoms with E-state index in [1.54, 1.807) is 0 Å². The predicted molar refractivity (Wildman–Crippen MR) is 87.4 cm³/mol. The fourth-order valence-electron chi connectivity index (χ4n) is 2.81. The van der Waals surface area contributed by atoms with E-state index >= 15 is 0 Å². The van der Waals surface area contributed by atoms with E-state index in [4.69, 9.17) is 0 Å². The summed E-state index contributed by atoms with van der Waals surface area (Å²) < 4.78 is 0. The lowest BCUT2D eigenvalue weighted by molar-refractivity contribution is -0.126. The lowest BCUT2D eigenvalue weighted by Gasteiger charge is -2.36. The highest BCUT2D eigenvalue weighted by molar-refractivity contribution is 5.81. The van der Waals surface area contributed by atoms with Crippen molar-refractivity contribution >= 4 is 11.6 Å². The molecule has 21 heavy (non-hydrogen) atoms. The first kappa shape index (κ1) is 15.8. The van der Waals surface area contributed by atoms with Gasteiger partial charge in [-0.25, -0.2) is 0 Å². The third kappa shape index (κ3) is 4.74. The van der Waals surface area contributed by atoms with Crippen molar-refractivity contribution in [2.45, 2.75) is 45.2 Å². The number of hydrogen-bond donors (Lipinski definition) is 2. The van der Waals surface area contributed by atoms with Gasteiger partial charge in [-0.2, -0.15) is 0 Å². The third-order valence-electron chi connectivity index (χ3n) is 4.07. The van der Waals surface area contributed by atoms with Gasteiger partial charge >= 0.3 is 0 Å². The van der Waals surface area contributed by atoms with Gasteiger partial charge in [-0.15, -0.1) is 0 Å². The largest absolute Gasteiger partial charge is 0.381 e. The van der Waals surface area contributed by atoms with Crippen LogP contribution in [0.2, 0.25) is 0 Å². The molecule has 2 rings (SSSR count). The first-order chi connectivity index (χ1) is 10.2. The summed E-state index contributed by atoms with van der Waals surface area (Å²) in [6, 6.07) is 10.7. The molecule has 4 nitrogen and oxygen atoms in total. The fraction of sp³-hybridized carbons (Fsp3) is 0.588. The molecule has 2 unspecified atom stereocenters. The van der Waals surface area contributed by atoms with Gasteiger partial charge in [-0.1, -0.05) is 25.1 Å². The zero-order chi connectivity index (χ0) is 15.1. The quantitative estimate of drug-likeness (QED) is 0.845. The Hall–Kier alpha value is -1.55. The topological polar surface area (TPSA) is 44.4 Å². The van der Waals surface area contributed by atoms with E-state index < -0.39 is 0 Å². The van der Waals surface area contributed by atoms with E-state index in [-0.39, 0.29) is 11.9 Å². The van der Waals surface area contributed by atoms with E-state index in [0.29, 0.717) is 6.04 Å². The molecule has 0 spiro atoms. The smallest absolute Gasteiger partial charge is 0.237 e. The first-order valence-electron chi connectivity index (χ1n) is 8.04. The van der Waals surface area contributed by atoms with Crippen molar-refractivity contribution in [3.63, 3.8) is 0 Å². The Morgan fingerprint density at radius 1 is 1.38 bits per heavy atom. The lowest BCUT2D eigenvalue weighted by Crippen LogP contribution is -2.51. The Morgan fingerprint density at radius 3 is 2.86 bits per heavy atom. The fourth-order valence-corrected chi connectivity index (χ4v) is 2.81. The van der Waals surface area contributed by atoms with Gasteiger partial charge in [0.25, 0.3) is 0 Å². The number of anilines is 1. The van der Waals surface area contributed by atoms with Crippen molar-refractivity contribution in [2.24, 2.45) is 0 Å². The van der Waals surface area contributed by atoms with Crippen molar-refractivity contribution in [3.8, 4) is 0 Å². The normalized spacial score (nSPS) is 20.8. The zero-order valence-corrected chi connectivity index (χ0v) is 13.1. The maximum Gasteiger partial charge on any atom is 0.237 e. The van der Waals surface area contributed by atoms with Crippen LogP contribution < -0.4 is 10.6 Å². The molecule has 4 heteroatoms. The molecule has 1 aromatic rings. The number of likely N-dealkylation sites (tertiary alicyclic amines) is 1. The van der Waals surface area contributed by atoms with Crippen molar-refractivity contribution < 1.29 is 4.79 Å². The molecule has 1 fully saturated rings. The highest BCUT2D eigenvalue weighted by atomic mass is 16.2. The first-order valence-corrected chi connectivity index (χ1v) is 8.04. The van der Waals surface area contributed by atoms with Crippen molar-refractivity contribution in [3.05, 3.63) is 30.3 Å². The summed E-state index contributed by atoms with van der Waals surface area (Å²) in [4.78, 5) is 14.4. The van der Waals surface area contributed by atoms with Crippen LogP contribution in [-0.2, 0) is 4.79 Å². The van der Waals surface area contributed by atoms with E-state index in [0.717, 1.165) is 44.6 Å². The van der Waals surface area contributed by atoms with Crippen LogP contribution in [0.4, 0.5) is 5.69 Å². The van der Waals surface area contributed by atoms with Crippen molar-refractivity contribution in [1.29, 1.82) is 0 Å². The van der Waals surface area contributed by atoms with E-state index in [9.17, 15) is 4.79 Å². The number of rotatable bonds is 6. The average Bonchev–Trinajstić information content (AvgIpc) is 2.53. The summed E-state index contributed by atoms with van der Waals surface area (Å²) >= 11 is 0. The molecule has 0 radical (unpaired) electrons. The molecule has 1 aliphatic rings. The Balaban J connectivity index is 1.86. The highest BCUT2D eigenvalue weighted by Crippen LogP contribution is 2.17. The number of nitrogens with zero attached hydrogens (tertiary/aromatic N) is 1. The molecule has 116 valence electrons. The second-order valence-corrected chi connectivity index (χ2v) is 5.81. The van der Waals surface area contributed by atoms with Gasteiger partial charge in [0, 0.05) is 24.8 Å². The maximum absolute atomic E-state index is 12.1. The zero-order valence-electron chi connectivity index (χ0n) is 13.1. The highest BCUT2D eigenvalue weighted by Gasteiger charge is 2.27. The molecule has 1 aliphatic heterocycles. The summed E-state index contributed by atoms with van der Waals surface area (Å²) in [5, 5.41) is 6.57. The van der Waals surface area contributed by atoms with E-state index in [1.165, 1.54) is 0 Å². The number of para-hydroxylation sites is 1. The van der Waals surface area contributed by atoms with Gasteiger partial charge in [0.05, 0.1) is 6.04 Å². The van der Waals surface area contributed by atoms with Crippen LogP contribution in [0.1, 0.15) is 33.1 Å². The molecule has 1 heterocycles. The number of nitrogens with one attached hydrogen (secondary N) is 2. The predicted octanol–water partition coefficient (Wildman–Crippen LogP) is 2.48. The van der Waals surface area contributed by atoms with Crippen molar-refractivity contribution in [2.75, 3.05) is 25.0 Å². The second kappa shape index (κ2) is 8.03. The minimum absolute atomic E-state index is 0.0445. The van der Waals surface area contributed by atoms with Gasteiger partial charge in [0.15, 0.2) is 0 Å². The summed E-state index contributed by atoms with van der Waals surface area (Å²) in [6.07, 6.45) is 3.28. The van der Waals surface area contributed by atoms with Crippen LogP contribution in [0, 0.1) is 0 Å². The number of piperidine rings is 1. The van der Waals surface area contributed by atoms with Crippen LogP contribution in [0.25, 0.3) is 0 Å². The number of amides is 1. The Morgan fingerprint density at radius 2 is 2.14 bits per heavy atom. The number of benzene rings is 1. The monoisotopic (exact) mass is 289 g/mol. The number of hydrogen-bond acceptors (Lipinski definition) is 3. The molecule has 1 saturated heterocycles. The Bertz CT molecular complexity index is 435. The van der Waals surface area contributed by atoms with E-state index in [2.05, 4.69) is 34.6 Å². The van der Waals surface area contributed by atoms with Crippen LogP contribution in [0.15, 0.2) is 30.3 Å². The third-order valence-corrected chi connectivity index (χ3v) is 4.07. The molecule has 0 aromatic heterocycles. The summed E-state index contributed by atoms with van der Waals surface area (Å²) in [5.41, 5.74) is 1.16. The molecular weight excluding hydrogens is 262 g/mol. The Kier molecular flexibility index (Phi) is 6.05. The SMILES string of the molecule is CCCNC(=O)C(C)N1CCCC(Nc2ccccc2)C1. The molecule has 2 atom stereocenters.